The molecule has 0 saturated carbocycles. The number of ether oxygens (including phenoxy) is 1. The van der Waals surface area contributed by atoms with Crippen LogP contribution in [0.1, 0.15) is 19.4 Å². The highest BCUT2D eigenvalue weighted by Gasteiger charge is 2.28. The van der Waals surface area contributed by atoms with E-state index in [9.17, 15) is 0 Å². The largest absolute Gasteiger partial charge is 0.485 e. The van der Waals surface area contributed by atoms with Gasteiger partial charge in [0.1, 0.15) is 11.9 Å². The predicted octanol–water partition coefficient (Wildman–Crippen LogP) is 3.76. The normalized spacial score (nSPS) is 28.8. The number of fused-ring (bicyclic) bond motifs is 2. The lowest BCUT2D eigenvalue weighted by Gasteiger charge is -2.29. The molecule has 0 spiro atoms. The average Bonchev–Trinajstić information content (AvgIpc) is 2.47. The summed E-state index contributed by atoms with van der Waals surface area (Å²) < 4.78 is 6.07. The molecule has 0 amide bonds. The SMILES string of the molecule is CC1(C)C=CC2Cc3ccccc3OC2C=C1. The Bertz CT molecular complexity index is 439. The van der Waals surface area contributed by atoms with E-state index >= 15 is 0 Å². The number of benzene rings is 1. The molecule has 3 rings (SSSR count). The fraction of sp³-hybridized carbons (Fsp3) is 0.375. The van der Waals surface area contributed by atoms with Crippen LogP contribution in [0.15, 0.2) is 48.6 Å². The molecule has 17 heavy (non-hydrogen) atoms. The van der Waals surface area contributed by atoms with Crippen molar-refractivity contribution in [2.45, 2.75) is 26.4 Å². The van der Waals surface area contributed by atoms with Gasteiger partial charge in [-0.2, -0.15) is 0 Å². The van der Waals surface area contributed by atoms with E-state index < -0.39 is 0 Å². The van der Waals surface area contributed by atoms with Crippen molar-refractivity contribution in [2.75, 3.05) is 0 Å². The van der Waals surface area contributed by atoms with Crippen LogP contribution in [0.25, 0.3) is 0 Å². The van der Waals surface area contributed by atoms with Gasteiger partial charge in [-0.15, -0.1) is 0 Å². The van der Waals surface area contributed by atoms with Gasteiger partial charge in [-0.25, -0.2) is 0 Å². The Balaban J connectivity index is 1.96. The highest BCUT2D eigenvalue weighted by atomic mass is 16.5. The molecule has 0 bridgehead atoms. The summed E-state index contributed by atoms with van der Waals surface area (Å²) in [6, 6.07) is 8.36. The Kier molecular flexibility index (Phi) is 2.36. The first kappa shape index (κ1) is 10.6. The molecule has 0 N–H and O–H groups in total. The lowest BCUT2D eigenvalue weighted by molar-refractivity contribution is 0.180. The standard InChI is InChI=1S/C16H18O/c1-16(2)9-7-13-11-12-5-3-4-6-14(12)17-15(13)8-10-16/h3-10,13,15H,11H2,1-2H3. The van der Waals surface area contributed by atoms with Crippen LogP contribution < -0.4 is 4.74 Å². The molecule has 0 aromatic heterocycles. The molecule has 1 heterocycles. The van der Waals surface area contributed by atoms with E-state index in [0.29, 0.717) is 5.92 Å². The molecule has 1 aliphatic carbocycles. The van der Waals surface area contributed by atoms with E-state index in [4.69, 9.17) is 4.74 Å². The van der Waals surface area contributed by atoms with E-state index in [1.807, 2.05) is 6.07 Å². The van der Waals surface area contributed by atoms with Gasteiger partial charge in [-0.1, -0.05) is 50.3 Å². The summed E-state index contributed by atoms with van der Waals surface area (Å²) >= 11 is 0. The minimum Gasteiger partial charge on any atom is -0.485 e. The fourth-order valence-electron chi connectivity index (χ4n) is 2.52. The maximum absolute atomic E-state index is 6.07. The summed E-state index contributed by atoms with van der Waals surface area (Å²) in [4.78, 5) is 0. The predicted molar refractivity (Wildman–Crippen MR) is 70.1 cm³/mol. The van der Waals surface area contributed by atoms with Crippen LogP contribution in [-0.4, -0.2) is 6.10 Å². The van der Waals surface area contributed by atoms with E-state index in [2.05, 4.69) is 56.4 Å². The van der Waals surface area contributed by atoms with Crippen molar-refractivity contribution < 1.29 is 4.74 Å². The van der Waals surface area contributed by atoms with E-state index in [1.54, 1.807) is 0 Å². The van der Waals surface area contributed by atoms with Crippen LogP contribution in [-0.2, 0) is 6.42 Å². The second-order valence-corrected chi connectivity index (χ2v) is 5.60. The second kappa shape index (κ2) is 3.76. The van der Waals surface area contributed by atoms with Crippen LogP contribution in [0, 0.1) is 11.3 Å². The second-order valence-electron chi connectivity index (χ2n) is 5.60. The maximum atomic E-state index is 6.07. The Hall–Kier alpha value is -1.50. The summed E-state index contributed by atoms with van der Waals surface area (Å²) in [5.41, 5.74) is 1.47. The van der Waals surface area contributed by atoms with Crippen LogP contribution in [0.3, 0.4) is 0 Å². The van der Waals surface area contributed by atoms with Gasteiger partial charge in [0.2, 0.25) is 0 Å². The maximum Gasteiger partial charge on any atom is 0.123 e. The quantitative estimate of drug-likeness (QED) is 0.612. The monoisotopic (exact) mass is 226 g/mol. The Morgan fingerprint density at radius 2 is 1.88 bits per heavy atom. The third-order valence-corrected chi connectivity index (χ3v) is 3.60. The van der Waals surface area contributed by atoms with Crippen molar-refractivity contribution in [1.29, 1.82) is 0 Å². The first-order valence-electron chi connectivity index (χ1n) is 6.27. The lowest BCUT2D eigenvalue weighted by Crippen LogP contribution is -2.29. The molecule has 1 heteroatoms. The average molecular weight is 226 g/mol. The first-order chi connectivity index (χ1) is 8.14. The van der Waals surface area contributed by atoms with Crippen LogP contribution in [0.4, 0.5) is 0 Å². The third-order valence-electron chi connectivity index (χ3n) is 3.60. The molecule has 1 aromatic rings. The Morgan fingerprint density at radius 1 is 1.12 bits per heavy atom. The van der Waals surface area contributed by atoms with Crippen LogP contribution in [0.5, 0.6) is 5.75 Å². The third kappa shape index (κ3) is 2.02. The highest BCUT2D eigenvalue weighted by Crippen LogP contribution is 2.35. The van der Waals surface area contributed by atoms with E-state index in [1.165, 1.54) is 5.56 Å². The Morgan fingerprint density at radius 3 is 2.76 bits per heavy atom. The molecule has 2 aliphatic rings. The molecule has 0 saturated heterocycles. The van der Waals surface area contributed by atoms with Crippen molar-refractivity contribution in [3.8, 4) is 5.75 Å². The van der Waals surface area contributed by atoms with Crippen molar-refractivity contribution in [3.05, 3.63) is 54.1 Å². The van der Waals surface area contributed by atoms with E-state index in [0.717, 1.165) is 12.2 Å². The van der Waals surface area contributed by atoms with Crippen LogP contribution in [0.2, 0.25) is 0 Å². The highest BCUT2D eigenvalue weighted by molar-refractivity contribution is 5.38. The van der Waals surface area contributed by atoms with Crippen molar-refractivity contribution in [3.63, 3.8) is 0 Å². The molecule has 0 fully saturated rings. The molecule has 2 unspecified atom stereocenters. The van der Waals surface area contributed by atoms with Gasteiger partial charge < -0.3 is 4.74 Å². The fourth-order valence-corrected chi connectivity index (χ4v) is 2.52. The smallest absolute Gasteiger partial charge is 0.123 e. The Labute approximate surface area is 103 Å². The summed E-state index contributed by atoms with van der Waals surface area (Å²) in [6.45, 7) is 4.45. The summed E-state index contributed by atoms with van der Waals surface area (Å²) in [5, 5.41) is 0. The van der Waals surface area contributed by atoms with Gasteiger partial charge >= 0.3 is 0 Å². The van der Waals surface area contributed by atoms with Crippen molar-refractivity contribution >= 4 is 0 Å². The molecule has 88 valence electrons. The summed E-state index contributed by atoms with van der Waals surface area (Å²) in [5.74, 6) is 1.52. The minimum absolute atomic E-state index is 0.146. The van der Waals surface area contributed by atoms with Gasteiger partial charge in [0.05, 0.1) is 0 Å². The molecule has 1 nitrogen and oxygen atoms in total. The van der Waals surface area contributed by atoms with Gasteiger partial charge in [0.25, 0.3) is 0 Å². The van der Waals surface area contributed by atoms with Gasteiger partial charge in [0.15, 0.2) is 0 Å². The minimum atomic E-state index is 0.146. The van der Waals surface area contributed by atoms with Crippen LogP contribution >= 0.6 is 0 Å². The summed E-state index contributed by atoms with van der Waals surface area (Å²) in [6.07, 6.45) is 10.4. The zero-order valence-corrected chi connectivity index (χ0v) is 10.4. The van der Waals surface area contributed by atoms with Gasteiger partial charge in [-0.05, 0) is 24.1 Å². The van der Waals surface area contributed by atoms with Crippen molar-refractivity contribution in [1.82, 2.24) is 0 Å². The lowest BCUT2D eigenvalue weighted by atomic mass is 9.90. The number of rotatable bonds is 0. The number of hydrogen-bond donors (Lipinski definition) is 0. The molecule has 1 aliphatic heterocycles. The zero-order valence-electron chi connectivity index (χ0n) is 10.4. The number of para-hydroxylation sites is 1. The molecule has 1 aromatic carbocycles. The molecule has 2 atom stereocenters. The topological polar surface area (TPSA) is 9.23 Å². The van der Waals surface area contributed by atoms with Gasteiger partial charge in [-0.3, -0.25) is 0 Å². The zero-order chi connectivity index (χ0) is 11.9. The first-order valence-corrected chi connectivity index (χ1v) is 6.27. The number of hydrogen-bond acceptors (Lipinski definition) is 1. The number of allylic oxidation sites excluding steroid dienone is 2. The molecule has 0 radical (unpaired) electrons. The molecular formula is C16H18O. The van der Waals surface area contributed by atoms with Gasteiger partial charge in [0, 0.05) is 11.3 Å². The summed E-state index contributed by atoms with van der Waals surface area (Å²) in [7, 11) is 0. The van der Waals surface area contributed by atoms with Crippen molar-refractivity contribution in [2.24, 2.45) is 11.3 Å². The van der Waals surface area contributed by atoms with E-state index in [-0.39, 0.29) is 11.5 Å². The molecular weight excluding hydrogens is 208 g/mol.